The van der Waals surface area contributed by atoms with Crippen molar-refractivity contribution in [1.82, 2.24) is 20.6 Å². The fraction of sp³-hybridized carbons (Fsp3) is 0.500. The minimum absolute atomic E-state index is 0.0568. The Hall–Kier alpha value is -2.70. The number of carbonyl (C=O) groups excluding carboxylic acids is 2. The number of hydrogen-bond acceptors (Lipinski definition) is 4. The van der Waals surface area contributed by atoms with Crippen LogP contribution in [0.3, 0.4) is 0 Å². The predicted octanol–water partition coefficient (Wildman–Crippen LogP) is 2.39. The van der Waals surface area contributed by atoms with Crippen LogP contribution in [0, 0.1) is 11.8 Å². The van der Waals surface area contributed by atoms with E-state index in [0.29, 0.717) is 17.3 Å². The quantitative estimate of drug-likeness (QED) is 0.808. The van der Waals surface area contributed by atoms with E-state index in [1.807, 2.05) is 13.8 Å². The summed E-state index contributed by atoms with van der Waals surface area (Å²) in [5.74, 6) is -0.535. The molecule has 0 aliphatic heterocycles. The molecule has 1 heterocycles. The largest absolute Gasteiger partial charge is 0.290 e. The fourth-order valence-corrected chi connectivity index (χ4v) is 3.52. The van der Waals surface area contributed by atoms with E-state index in [9.17, 15) is 14.4 Å². The summed E-state index contributed by atoms with van der Waals surface area (Å²) in [6.45, 7) is 4.37. The SMILES string of the molecule is CC(C)Cn1nc(C(=O)NNC(=O)C2CCCCC2)c2ccccc2c1=O. The minimum Gasteiger partial charge on any atom is -0.273 e. The second-order valence-corrected chi connectivity index (χ2v) is 7.55. The molecular weight excluding hydrogens is 344 g/mol. The minimum atomic E-state index is -0.520. The number of aromatic nitrogens is 2. The zero-order valence-corrected chi connectivity index (χ0v) is 15.8. The van der Waals surface area contributed by atoms with Crippen LogP contribution in [0.25, 0.3) is 10.8 Å². The highest BCUT2D eigenvalue weighted by molar-refractivity contribution is 6.05. The van der Waals surface area contributed by atoms with Gasteiger partial charge in [0.25, 0.3) is 11.5 Å². The Morgan fingerprint density at radius 2 is 1.78 bits per heavy atom. The third-order valence-electron chi connectivity index (χ3n) is 4.90. The van der Waals surface area contributed by atoms with Gasteiger partial charge in [0.1, 0.15) is 0 Å². The van der Waals surface area contributed by atoms with Gasteiger partial charge < -0.3 is 0 Å². The molecule has 7 heteroatoms. The van der Waals surface area contributed by atoms with Gasteiger partial charge >= 0.3 is 0 Å². The van der Waals surface area contributed by atoms with Crippen LogP contribution >= 0.6 is 0 Å². The van der Waals surface area contributed by atoms with Gasteiger partial charge in [0.05, 0.1) is 5.39 Å². The smallest absolute Gasteiger partial charge is 0.273 e. The van der Waals surface area contributed by atoms with E-state index >= 15 is 0 Å². The van der Waals surface area contributed by atoms with E-state index in [0.717, 1.165) is 32.1 Å². The van der Waals surface area contributed by atoms with Gasteiger partial charge in [-0.15, -0.1) is 0 Å². The van der Waals surface area contributed by atoms with Crippen molar-refractivity contribution in [2.24, 2.45) is 11.8 Å². The maximum atomic E-state index is 12.7. The molecule has 0 radical (unpaired) electrons. The van der Waals surface area contributed by atoms with Gasteiger partial charge in [-0.05, 0) is 24.8 Å². The lowest BCUT2D eigenvalue weighted by Crippen LogP contribution is -2.45. The zero-order chi connectivity index (χ0) is 19.4. The number of benzene rings is 1. The van der Waals surface area contributed by atoms with Crippen molar-refractivity contribution in [2.45, 2.75) is 52.5 Å². The molecule has 0 saturated heterocycles. The molecule has 1 aromatic carbocycles. The molecule has 0 bridgehead atoms. The first-order valence-electron chi connectivity index (χ1n) is 9.57. The van der Waals surface area contributed by atoms with E-state index in [4.69, 9.17) is 0 Å². The Kier molecular flexibility index (Phi) is 5.88. The Morgan fingerprint density at radius 1 is 1.11 bits per heavy atom. The van der Waals surface area contributed by atoms with Crippen molar-refractivity contribution in [1.29, 1.82) is 0 Å². The van der Waals surface area contributed by atoms with Crippen molar-refractivity contribution in [3.8, 4) is 0 Å². The molecule has 1 saturated carbocycles. The maximum Gasteiger partial charge on any atom is 0.290 e. The first kappa shape index (κ1) is 19.1. The molecular formula is C20H26N4O3. The highest BCUT2D eigenvalue weighted by Crippen LogP contribution is 2.23. The first-order valence-corrected chi connectivity index (χ1v) is 9.57. The van der Waals surface area contributed by atoms with E-state index in [2.05, 4.69) is 16.0 Å². The number of nitrogens with one attached hydrogen (secondary N) is 2. The summed E-state index contributed by atoms with van der Waals surface area (Å²) >= 11 is 0. The average molecular weight is 370 g/mol. The van der Waals surface area contributed by atoms with Crippen LogP contribution < -0.4 is 16.4 Å². The number of fused-ring (bicyclic) bond motifs is 1. The van der Waals surface area contributed by atoms with Gasteiger partial charge in [-0.1, -0.05) is 51.3 Å². The van der Waals surface area contributed by atoms with Crippen molar-refractivity contribution in [3.63, 3.8) is 0 Å². The fourth-order valence-electron chi connectivity index (χ4n) is 3.52. The number of hydrazine groups is 1. The van der Waals surface area contributed by atoms with Gasteiger partial charge in [0.15, 0.2) is 5.69 Å². The summed E-state index contributed by atoms with van der Waals surface area (Å²) in [6, 6.07) is 6.90. The second-order valence-electron chi connectivity index (χ2n) is 7.55. The zero-order valence-electron chi connectivity index (χ0n) is 15.8. The molecule has 2 aromatic rings. The Bertz CT molecular complexity index is 898. The molecule has 0 spiro atoms. The molecule has 2 N–H and O–H groups in total. The second kappa shape index (κ2) is 8.33. The first-order chi connectivity index (χ1) is 13.0. The third kappa shape index (κ3) is 4.35. The van der Waals surface area contributed by atoms with Crippen LogP contribution in [-0.4, -0.2) is 21.6 Å². The number of nitrogens with zero attached hydrogens (tertiary/aromatic N) is 2. The van der Waals surface area contributed by atoms with E-state index in [1.54, 1.807) is 24.3 Å². The molecule has 3 rings (SSSR count). The number of carbonyl (C=O) groups is 2. The van der Waals surface area contributed by atoms with Crippen molar-refractivity contribution in [3.05, 3.63) is 40.3 Å². The molecule has 0 unspecified atom stereocenters. The molecule has 144 valence electrons. The molecule has 1 fully saturated rings. The number of amides is 2. The van der Waals surface area contributed by atoms with Gasteiger partial charge in [-0.3, -0.25) is 25.2 Å². The maximum absolute atomic E-state index is 12.7. The van der Waals surface area contributed by atoms with Gasteiger partial charge in [0, 0.05) is 17.8 Å². The van der Waals surface area contributed by atoms with Crippen molar-refractivity contribution < 1.29 is 9.59 Å². The average Bonchev–Trinajstić information content (AvgIpc) is 2.68. The molecule has 1 aromatic heterocycles. The number of hydrogen-bond donors (Lipinski definition) is 2. The molecule has 0 atom stereocenters. The standard InChI is InChI=1S/C20H26N4O3/c1-13(2)12-24-20(27)16-11-7-6-10-15(16)17(23-24)19(26)22-21-18(25)14-8-4-3-5-9-14/h6-7,10-11,13-14H,3-5,8-9,12H2,1-2H3,(H,21,25)(H,22,26). The summed E-state index contributed by atoms with van der Waals surface area (Å²) in [5, 5.41) is 5.19. The predicted molar refractivity (Wildman–Crippen MR) is 103 cm³/mol. The van der Waals surface area contributed by atoms with Crippen LogP contribution in [0.4, 0.5) is 0 Å². The van der Waals surface area contributed by atoms with Crippen LogP contribution in [0.5, 0.6) is 0 Å². The van der Waals surface area contributed by atoms with Gasteiger partial charge in [-0.2, -0.15) is 5.10 Å². The normalized spacial score (nSPS) is 15.1. The lowest BCUT2D eigenvalue weighted by Gasteiger charge is -2.20. The van der Waals surface area contributed by atoms with Crippen LogP contribution in [0.2, 0.25) is 0 Å². The summed E-state index contributed by atoms with van der Waals surface area (Å²) in [5.41, 5.74) is 4.91. The molecule has 1 aliphatic rings. The van der Waals surface area contributed by atoms with E-state index in [-0.39, 0.29) is 29.0 Å². The molecule has 27 heavy (non-hydrogen) atoms. The summed E-state index contributed by atoms with van der Waals surface area (Å²) < 4.78 is 1.32. The molecule has 2 amide bonds. The van der Waals surface area contributed by atoms with Crippen LogP contribution in [0.1, 0.15) is 56.4 Å². The van der Waals surface area contributed by atoms with Crippen LogP contribution in [-0.2, 0) is 11.3 Å². The lowest BCUT2D eigenvalue weighted by molar-refractivity contribution is -0.126. The van der Waals surface area contributed by atoms with Crippen molar-refractivity contribution in [2.75, 3.05) is 0 Å². The van der Waals surface area contributed by atoms with Gasteiger partial charge in [-0.25, -0.2) is 4.68 Å². The Balaban J connectivity index is 1.84. The topological polar surface area (TPSA) is 93.1 Å². The molecule has 7 nitrogen and oxygen atoms in total. The van der Waals surface area contributed by atoms with Crippen LogP contribution in [0.15, 0.2) is 29.1 Å². The summed E-state index contributed by atoms with van der Waals surface area (Å²) in [4.78, 5) is 37.6. The monoisotopic (exact) mass is 370 g/mol. The highest BCUT2D eigenvalue weighted by atomic mass is 16.2. The van der Waals surface area contributed by atoms with Gasteiger partial charge in [0.2, 0.25) is 5.91 Å². The number of rotatable bonds is 4. The lowest BCUT2D eigenvalue weighted by atomic mass is 9.89. The molecule has 1 aliphatic carbocycles. The third-order valence-corrected chi connectivity index (χ3v) is 4.90. The van der Waals surface area contributed by atoms with E-state index in [1.165, 1.54) is 4.68 Å². The Morgan fingerprint density at radius 3 is 2.44 bits per heavy atom. The summed E-state index contributed by atoms with van der Waals surface area (Å²) in [6.07, 6.45) is 4.94. The Labute approximate surface area is 158 Å². The van der Waals surface area contributed by atoms with E-state index < -0.39 is 5.91 Å². The summed E-state index contributed by atoms with van der Waals surface area (Å²) in [7, 11) is 0. The van der Waals surface area contributed by atoms with Crippen molar-refractivity contribution >= 4 is 22.6 Å². The highest BCUT2D eigenvalue weighted by Gasteiger charge is 2.22.